The molecule has 86 valence electrons. The number of nitrogens with zero attached hydrogens (tertiary/aromatic N) is 1. The lowest BCUT2D eigenvalue weighted by molar-refractivity contribution is -0.140. The first kappa shape index (κ1) is 16.3. The lowest BCUT2D eigenvalue weighted by Gasteiger charge is -2.03. The van der Waals surface area contributed by atoms with Gasteiger partial charge in [-0.25, -0.2) is 0 Å². The minimum absolute atomic E-state index is 0.142. The number of ether oxygens (including phenoxy) is 1. The highest BCUT2D eigenvalue weighted by Crippen LogP contribution is 2.01. The second-order valence-corrected chi connectivity index (χ2v) is 2.97. The Morgan fingerprint density at radius 3 is 2.53 bits per heavy atom. The average molecular weight is 232 g/mol. The van der Waals surface area contributed by atoms with E-state index in [-0.39, 0.29) is 18.4 Å². The van der Waals surface area contributed by atoms with Gasteiger partial charge in [-0.3, -0.25) is 9.79 Å². The van der Waals surface area contributed by atoms with Gasteiger partial charge < -0.3 is 4.74 Å². The van der Waals surface area contributed by atoms with Crippen molar-refractivity contribution in [1.82, 2.24) is 0 Å². The molecule has 0 radical (unpaired) electrons. The number of hydrogen-bond acceptors (Lipinski definition) is 3. The number of aliphatic imine (C=N–C) groups is 1. The Morgan fingerprint density at radius 1 is 1.60 bits per heavy atom. The molecule has 3 nitrogen and oxygen atoms in total. The van der Waals surface area contributed by atoms with Crippen molar-refractivity contribution in [3.8, 4) is 0 Å². The molecular weight excluding hydrogens is 214 g/mol. The SMILES string of the molecule is C/C=C\C(Cl)=NC(C)CC(=O)OC.C=C. The second kappa shape index (κ2) is 11.0. The topological polar surface area (TPSA) is 38.7 Å². The van der Waals surface area contributed by atoms with Crippen LogP contribution in [0, 0.1) is 0 Å². The van der Waals surface area contributed by atoms with Gasteiger partial charge in [0.15, 0.2) is 0 Å². The van der Waals surface area contributed by atoms with Crippen LogP contribution < -0.4 is 0 Å². The van der Waals surface area contributed by atoms with Crippen LogP contribution in [0.1, 0.15) is 20.3 Å². The van der Waals surface area contributed by atoms with Crippen LogP contribution in [-0.2, 0) is 9.53 Å². The first-order valence-corrected chi connectivity index (χ1v) is 4.90. The van der Waals surface area contributed by atoms with E-state index >= 15 is 0 Å². The molecule has 0 fully saturated rings. The van der Waals surface area contributed by atoms with E-state index in [1.807, 2.05) is 13.8 Å². The molecule has 0 aromatic heterocycles. The lowest BCUT2D eigenvalue weighted by atomic mass is 10.2. The normalized spacial score (nSPS) is 12.9. The van der Waals surface area contributed by atoms with Gasteiger partial charge in [0.05, 0.1) is 19.6 Å². The third-order valence-corrected chi connectivity index (χ3v) is 1.56. The molecule has 15 heavy (non-hydrogen) atoms. The Labute approximate surface area is 96.5 Å². The van der Waals surface area contributed by atoms with Crippen LogP contribution >= 0.6 is 11.6 Å². The van der Waals surface area contributed by atoms with Crippen LogP contribution in [0.5, 0.6) is 0 Å². The Morgan fingerprint density at radius 2 is 2.13 bits per heavy atom. The standard InChI is InChI=1S/C9H14ClNO2.C2H4/c1-4-5-8(10)11-7(2)6-9(12)13-3;1-2/h4-5,7H,6H2,1-3H3;1-2H2/b5-4-,11-8?;. The number of methoxy groups -OCH3 is 1. The van der Waals surface area contributed by atoms with E-state index in [0.29, 0.717) is 5.17 Å². The van der Waals surface area contributed by atoms with E-state index in [0.717, 1.165) is 0 Å². The fourth-order valence-electron chi connectivity index (χ4n) is 0.761. The highest BCUT2D eigenvalue weighted by Gasteiger charge is 2.07. The molecule has 4 heteroatoms. The molecule has 0 saturated carbocycles. The van der Waals surface area contributed by atoms with Gasteiger partial charge >= 0.3 is 5.97 Å². The van der Waals surface area contributed by atoms with Gasteiger partial charge in [-0.2, -0.15) is 0 Å². The summed E-state index contributed by atoms with van der Waals surface area (Å²) in [6.45, 7) is 9.66. The predicted octanol–water partition coefficient (Wildman–Crippen LogP) is 2.95. The minimum atomic E-state index is -0.277. The van der Waals surface area contributed by atoms with Crippen molar-refractivity contribution < 1.29 is 9.53 Å². The number of halogens is 1. The summed E-state index contributed by atoms with van der Waals surface area (Å²) in [4.78, 5) is 14.9. The molecule has 0 spiro atoms. The van der Waals surface area contributed by atoms with E-state index in [2.05, 4.69) is 22.9 Å². The molecule has 0 aromatic rings. The van der Waals surface area contributed by atoms with E-state index in [4.69, 9.17) is 11.6 Å². The zero-order valence-corrected chi connectivity index (χ0v) is 10.3. The van der Waals surface area contributed by atoms with Crippen molar-refractivity contribution in [1.29, 1.82) is 0 Å². The van der Waals surface area contributed by atoms with Crippen LogP contribution in [0.3, 0.4) is 0 Å². The van der Waals surface area contributed by atoms with Crippen molar-refractivity contribution in [2.24, 2.45) is 4.99 Å². The van der Waals surface area contributed by atoms with Crippen molar-refractivity contribution in [3.63, 3.8) is 0 Å². The molecule has 0 aliphatic heterocycles. The summed E-state index contributed by atoms with van der Waals surface area (Å²) in [5.41, 5.74) is 0. The van der Waals surface area contributed by atoms with Gasteiger partial charge in [-0.15, -0.1) is 13.2 Å². The van der Waals surface area contributed by atoms with E-state index in [1.165, 1.54) is 7.11 Å². The molecule has 0 amide bonds. The molecule has 0 aromatic carbocycles. The summed E-state index contributed by atoms with van der Waals surface area (Å²) >= 11 is 5.71. The molecule has 0 aliphatic carbocycles. The number of carbonyl (C=O) groups is 1. The quantitative estimate of drug-likeness (QED) is 0.424. The van der Waals surface area contributed by atoms with Gasteiger partial charge in [0, 0.05) is 0 Å². The summed E-state index contributed by atoms with van der Waals surface area (Å²) < 4.78 is 4.49. The van der Waals surface area contributed by atoms with E-state index < -0.39 is 0 Å². The molecule has 0 saturated heterocycles. The first-order valence-electron chi connectivity index (χ1n) is 4.53. The van der Waals surface area contributed by atoms with Gasteiger partial charge in [0.2, 0.25) is 0 Å². The van der Waals surface area contributed by atoms with Crippen LogP contribution in [0.2, 0.25) is 0 Å². The monoisotopic (exact) mass is 231 g/mol. The molecule has 1 unspecified atom stereocenters. The third-order valence-electron chi connectivity index (χ3n) is 1.34. The molecular formula is C11H18ClNO2. The van der Waals surface area contributed by atoms with Crippen molar-refractivity contribution in [3.05, 3.63) is 25.3 Å². The number of carbonyl (C=O) groups excluding carboxylic acids is 1. The molecule has 0 rings (SSSR count). The Balaban J connectivity index is 0. The maximum absolute atomic E-state index is 10.8. The highest BCUT2D eigenvalue weighted by molar-refractivity contribution is 6.68. The number of esters is 1. The third kappa shape index (κ3) is 10.8. The Bertz CT molecular complexity index is 237. The zero-order valence-electron chi connectivity index (χ0n) is 9.50. The van der Waals surface area contributed by atoms with Gasteiger partial charge in [0.1, 0.15) is 5.17 Å². The van der Waals surface area contributed by atoms with Crippen molar-refractivity contribution in [2.75, 3.05) is 7.11 Å². The fraction of sp³-hybridized carbons (Fsp3) is 0.455. The maximum atomic E-state index is 10.8. The lowest BCUT2D eigenvalue weighted by Crippen LogP contribution is -2.10. The summed E-state index contributed by atoms with van der Waals surface area (Å²) in [5.74, 6) is -0.277. The average Bonchev–Trinajstić information content (AvgIpc) is 2.20. The smallest absolute Gasteiger partial charge is 0.307 e. The van der Waals surface area contributed by atoms with Crippen LogP contribution in [-0.4, -0.2) is 24.3 Å². The number of rotatable bonds is 4. The largest absolute Gasteiger partial charge is 0.469 e. The van der Waals surface area contributed by atoms with E-state index in [9.17, 15) is 4.79 Å². The molecule has 1 atom stereocenters. The van der Waals surface area contributed by atoms with E-state index in [1.54, 1.807) is 12.2 Å². The summed E-state index contributed by atoms with van der Waals surface area (Å²) in [6.07, 6.45) is 3.72. The Hall–Kier alpha value is -1.09. The van der Waals surface area contributed by atoms with Crippen molar-refractivity contribution >= 4 is 22.7 Å². The van der Waals surface area contributed by atoms with Crippen LogP contribution in [0.15, 0.2) is 30.3 Å². The number of allylic oxidation sites excluding steroid dienone is 2. The maximum Gasteiger partial charge on any atom is 0.307 e. The van der Waals surface area contributed by atoms with Gasteiger partial charge in [-0.1, -0.05) is 17.7 Å². The van der Waals surface area contributed by atoms with Gasteiger partial charge in [-0.05, 0) is 19.9 Å². The minimum Gasteiger partial charge on any atom is -0.469 e. The summed E-state index contributed by atoms with van der Waals surface area (Å²) in [5, 5.41) is 0.402. The predicted molar refractivity (Wildman–Crippen MR) is 65.5 cm³/mol. The molecule has 0 N–H and O–H groups in total. The number of hydrogen-bond donors (Lipinski definition) is 0. The summed E-state index contributed by atoms with van der Waals surface area (Å²) in [6, 6.07) is -0.142. The first-order chi connectivity index (χ1) is 7.10. The van der Waals surface area contributed by atoms with Crippen molar-refractivity contribution in [2.45, 2.75) is 26.3 Å². The van der Waals surface area contributed by atoms with Crippen LogP contribution in [0.25, 0.3) is 0 Å². The fourth-order valence-corrected chi connectivity index (χ4v) is 1.05. The second-order valence-electron chi connectivity index (χ2n) is 2.58. The summed E-state index contributed by atoms with van der Waals surface area (Å²) in [7, 11) is 1.35. The zero-order chi connectivity index (χ0) is 12.3. The Kier molecular flexibility index (Phi) is 12.0. The van der Waals surface area contributed by atoms with Gasteiger partial charge in [0.25, 0.3) is 0 Å². The molecule has 0 bridgehead atoms. The molecule has 0 heterocycles. The molecule has 0 aliphatic rings. The van der Waals surface area contributed by atoms with Crippen LogP contribution in [0.4, 0.5) is 0 Å². The highest BCUT2D eigenvalue weighted by atomic mass is 35.5.